The summed E-state index contributed by atoms with van der Waals surface area (Å²) in [6.45, 7) is 2.94. The number of hydrogen-bond donors (Lipinski definition) is 0. The molecule has 0 N–H and O–H groups in total. The van der Waals surface area contributed by atoms with Crippen molar-refractivity contribution in [2.24, 2.45) is 5.92 Å². The first-order valence-electron chi connectivity index (χ1n) is 6.47. The van der Waals surface area contributed by atoms with Crippen LogP contribution in [-0.4, -0.2) is 36.1 Å². The van der Waals surface area contributed by atoms with E-state index in [-0.39, 0.29) is 17.6 Å². The number of carbonyl (C=O) groups excluding carboxylic acids is 1. The zero-order chi connectivity index (χ0) is 14.7. The highest BCUT2D eigenvalue weighted by Gasteiger charge is 2.27. The van der Waals surface area contributed by atoms with Crippen LogP contribution in [-0.2, 0) is 9.53 Å². The largest absolute Gasteiger partial charge is 0.469 e. The number of anilines is 1. The Morgan fingerprint density at radius 3 is 2.90 bits per heavy atom. The second-order valence-electron chi connectivity index (χ2n) is 4.84. The summed E-state index contributed by atoms with van der Waals surface area (Å²) in [4.78, 5) is 28.2. The molecule has 0 saturated carbocycles. The predicted molar refractivity (Wildman–Crippen MR) is 72.6 cm³/mol. The van der Waals surface area contributed by atoms with Gasteiger partial charge in [-0.2, -0.15) is 0 Å². The highest BCUT2D eigenvalue weighted by Crippen LogP contribution is 2.25. The molecular weight excluding hydrogens is 262 g/mol. The van der Waals surface area contributed by atoms with Gasteiger partial charge < -0.3 is 9.64 Å². The van der Waals surface area contributed by atoms with Crippen molar-refractivity contribution in [1.82, 2.24) is 4.98 Å². The van der Waals surface area contributed by atoms with E-state index in [1.54, 1.807) is 13.0 Å². The van der Waals surface area contributed by atoms with E-state index in [2.05, 4.69) is 4.98 Å². The van der Waals surface area contributed by atoms with Crippen LogP contribution in [0.25, 0.3) is 0 Å². The van der Waals surface area contributed by atoms with E-state index < -0.39 is 4.92 Å². The summed E-state index contributed by atoms with van der Waals surface area (Å²) < 4.78 is 4.77. The molecule has 0 spiro atoms. The third kappa shape index (κ3) is 2.87. The average Bonchev–Trinajstić information content (AvgIpc) is 2.46. The lowest BCUT2D eigenvalue weighted by atomic mass is 9.98. The first kappa shape index (κ1) is 14.2. The molecule has 2 heterocycles. The smallest absolute Gasteiger partial charge is 0.310 e. The van der Waals surface area contributed by atoms with Gasteiger partial charge in [-0.15, -0.1) is 0 Å². The van der Waals surface area contributed by atoms with E-state index in [0.717, 1.165) is 19.4 Å². The Morgan fingerprint density at radius 2 is 2.30 bits per heavy atom. The van der Waals surface area contributed by atoms with Crippen LogP contribution in [0.3, 0.4) is 0 Å². The second kappa shape index (κ2) is 5.85. The number of rotatable bonds is 3. The molecule has 1 aromatic heterocycles. The molecule has 1 aliphatic rings. The van der Waals surface area contributed by atoms with Crippen LogP contribution in [0.4, 0.5) is 11.5 Å². The number of hydrogen-bond acceptors (Lipinski definition) is 6. The Bertz CT molecular complexity index is 532. The van der Waals surface area contributed by atoms with Gasteiger partial charge >= 0.3 is 5.97 Å². The van der Waals surface area contributed by atoms with Crippen LogP contribution in [0.15, 0.2) is 12.1 Å². The van der Waals surface area contributed by atoms with Gasteiger partial charge in [0.15, 0.2) is 0 Å². The summed E-state index contributed by atoms with van der Waals surface area (Å²) in [7, 11) is 1.38. The first-order chi connectivity index (χ1) is 9.52. The van der Waals surface area contributed by atoms with Crippen LogP contribution in [0, 0.1) is 23.0 Å². The van der Waals surface area contributed by atoms with Gasteiger partial charge in [0.2, 0.25) is 0 Å². The van der Waals surface area contributed by atoms with Gasteiger partial charge in [-0.3, -0.25) is 14.9 Å². The summed E-state index contributed by atoms with van der Waals surface area (Å²) in [6, 6.07) is 3.09. The van der Waals surface area contributed by atoms with Gasteiger partial charge in [0.25, 0.3) is 5.69 Å². The van der Waals surface area contributed by atoms with Crippen LogP contribution in [0.5, 0.6) is 0 Å². The van der Waals surface area contributed by atoms with Crippen molar-refractivity contribution in [3.8, 4) is 0 Å². The number of piperidine rings is 1. The summed E-state index contributed by atoms with van der Waals surface area (Å²) in [5.41, 5.74) is 0.392. The molecule has 1 aliphatic heterocycles. The van der Waals surface area contributed by atoms with E-state index in [1.807, 2.05) is 4.90 Å². The maximum absolute atomic E-state index is 11.6. The quantitative estimate of drug-likeness (QED) is 0.475. The summed E-state index contributed by atoms with van der Waals surface area (Å²) >= 11 is 0. The fourth-order valence-corrected chi connectivity index (χ4v) is 2.45. The SMILES string of the molecule is COC(=O)C1CCCN(c2ccc([N+](=O)[O-])c(C)n2)C1. The van der Waals surface area contributed by atoms with Crippen LogP contribution >= 0.6 is 0 Å². The van der Waals surface area contributed by atoms with Crippen molar-refractivity contribution in [1.29, 1.82) is 0 Å². The molecule has 7 nitrogen and oxygen atoms in total. The van der Waals surface area contributed by atoms with Gasteiger partial charge in [-0.25, -0.2) is 4.98 Å². The molecule has 20 heavy (non-hydrogen) atoms. The van der Waals surface area contributed by atoms with Crippen molar-refractivity contribution >= 4 is 17.5 Å². The number of aromatic nitrogens is 1. The van der Waals surface area contributed by atoms with Crippen molar-refractivity contribution < 1.29 is 14.5 Å². The molecular formula is C13H17N3O4. The number of esters is 1. The Hall–Kier alpha value is -2.18. The summed E-state index contributed by atoms with van der Waals surface area (Å²) in [5, 5.41) is 10.8. The molecule has 1 aromatic rings. The molecule has 0 bridgehead atoms. The number of ether oxygens (including phenoxy) is 1. The maximum atomic E-state index is 11.6. The van der Waals surface area contributed by atoms with Crippen molar-refractivity contribution in [3.63, 3.8) is 0 Å². The first-order valence-corrected chi connectivity index (χ1v) is 6.47. The molecule has 2 rings (SSSR count). The van der Waals surface area contributed by atoms with Crippen molar-refractivity contribution in [3.05, 3.63) is 27.9 Å². The lowest BCUT2D eigenvalue weighted by Crippen LogP contribution is -2.39. The Morgan fingerprint density at radius 1 is 1.55 bits per heavy atom. The molecule has 108 valence electrons. The molecule has 7 heteroatoms. The van der Waals surface area contributed by atoms with Gasteiger partial charge in [0.05, 0.1) is 18.0 Å². The molecule has 1 saturated heterocycles. The zero-order valence-electron chi connectivity index (χ0n) is 11.5. The van der Waals surface area contributed by atoms with Crippen LogP contribution < -0.4 is 4.90 Å². The lowest BCUT2D eigenvalue weighted by Gasteiger charge is -2.32. The van der Waals surface area contributed by atoms with Gasteiger partial charge in [0, 0.05) is 19.2 Å². The monoisotopic (exact) mass is 279 g/mol. The molecule has 0 aromatic carbocycles. The normalized spacial score (nSPS) is 18.7. The van der Waals surface area contributed by atoms with E-state index in [0.29, 0.717) is 18.1 Å². The number of methoxy groups -OCH3 is 1. The Labute approximate surface area is 116 Å². The predicted octanol–water partition coefficient (Wildman–Crippen LogP) is 1.69. The molecule has 0 aliphatic carbocycles. The number of aryl methyl sites for hydroxylation is 1. The van der Waals surface area contributed by atoms with E-state index in [9.17, 15) is 14.9 Å². The lowest BCUT2D eigenvalue weighted by molar-refractivity contribution is -0.385. The number of nitro groups is 1. The molecule has 0 amide bonds. The Balaban J connectivity index is 2.17. The highest BCUT2D eigenvalue weighted by atomic mass is 16.6. The molecule has 1 atom stereocenters. The third-order valence-corrected chi connectivity index (χ3v) is 3.52. The average molecular weight is 279 g/mol. The van der Waals surface area contributed by atoms with Gasteiger partial charge in [-0.05, 0) is 25.8 Å². The highest BCUT2D eigenvalue weighted by molar-refractivity contribution is 5.73. The van der Waals surface area contributed by atoms with E-state index >= 15 is 0 Å². The topological polar surface area (TPSA) is 85.6 Å². The van der Waals surface area contributed by atoms with E-state index in [1.165, 1.54) is 13.2 Å². The Kier molecular flexibility index (Phi) is 4.16. The minimum atomic E-state index is -0.445. The molecule has 0 radical (unpaired) electrons. The van der Waals surface area contributed by atoms with E-state index in [4.69, 9.17) is 4.74 Å². The second-order valence-corrected chi connectivity index (χ2v) is 4.84. The molecule has 1 fully saturated rings. The maximum Gasteiger partial charge on any atom is 0.310 e. The summed E-state index contributed by atoms with van der Waals surface area (Å²) in [6.07, 6.45) is 1.67. The third-order valence-electron chi connectivity index (χ3n) is 3.52. The van der Waals surface area contributed by atoms with Gasteiger partial charge in [0.1, 0.15) is 11.5 Å². The summed E-state index contributed by atoms with van der Waals surface area (Å²) in [5.74, 6) is 0.293. The number of nitrogens with zero attached hydrogens (tertiary/aromatic N) is 3. The van der Waals surface area contributed by atoms with Gasteiger partial charge in [-0.1, -0.05) is 0 Å². The zero-order valence-corrected chi connectivity index (χ0v) is 11.5. The fourth-order valence-electron chi connectivity index (χ4n) is 2.45. The van der Waals surface area contributed by atoms with Crippen molar-refractivity contribution in [2.45, 2.75) is 19.8 Å². The standard InChI is InChI=1S/C13H17N3O4/c1-9-11(16(18)19)5-6-12(14-9)15-7-3-4-10(8-15)13(17)20-2/h5-6,10H,3-4,7-8H2,1-2H3. The minimum Gasteiger partial charge on any atom is -0.469 e. The van der Waals surface area contributed by atoms with Crippen molar-refractivity contribution in [2.75, 3.05) is 25.1 Å². The number of carbonyl (C=O) groups is 1. The fraction of sp³-hybridized carbons (Fsp3) is 0.538. The van der Waals surface area contributed by atoms with Crippen LogP contribution in [0.1, 0.15) is 18.5 Å². The van der Waals surface area contributed by atoms with Crippen LogP contribution in [0.2, 0.25) is 0 Å². The molecule has 1 unspecified atom stereocenters. The number of pyridine rings is 1. The minimum absolute atomic E-state index is 0.00952.